The van der Waals surface area contributed by atoms with Crippen molar-refractivity contribution in [2.45, 2.75) is 13.8 Å². The van der Waals surface area contributed by atoms with Gasteiger partial charge in [0.25, 0.3) is 0 Å². The molecule has 4 aromatic rings. The molecule has 0 saturated heterocycles. The zero-order chi connectivity index (χ0) is 21.1. The summed E-state index contributed by atoms with van der Waals surface area (Å²) in [5.74, 6) is 0.312. The Kier molecular flexibility index (Phi) is 5.19. The van der Waals surface area contributed by atoms with Gasteiger partial charge >= 0.3 is 5.97 Å². The maximum absolute atomic E-state index is 12.8. The van der Waals surface area contributed by atoms with Crippen LogP contribution in [0, 0.1) is 18.3 Å². The smallest absolute Gasteiger partial charge is 0.340 e. The number of carbonyl (C=O) groups excluding carboxylic acids is 1. The average molecular weight is 397 g/mol. The summed E-state index contributed by atoms with van der Waals surface area (Å²) >= 11 is 0. The third-order valence-electron chi connectivity index (χ3n) is 4.78. The molecule has 0 fully saturated rings. The van der Waals surface area contributed by atoms with Gasteiger partial charge < -0.3 is 14.0 Å². The van der Waals surface area contributed by atoms with Gasteiger partial charge in [0.2, 0.25) is 5.88 Å². The van der Waals surface area contributed by atoms with Gasteiger partial charge in [-0.1, -0.05) is 18.2 Å². The molecule has 2 aromatic heterocycles. The number of nitrogens with zero attached hydrogens (tertiary/aromatic N) is 3. The number of rotatable bonds is 5. The summed E-state index contributed by atoms with van der Waals surface area (Å²) in [5, 5.41) is 9.99. The van der Waals surface area contributed by atoms with Gasteiger partial charge in [-0.25, -0.2) is 9.78 Å². The summed E-state index contributed by atoms with van der Waals surface area (Å²) in [6.07, 6.45) is 1.56. The number of pyridine rings is 1. The van der Waals surface area contributed by atoms with Gasteiger partial charge in [-0.05, 0) is 56.3 Å². The second-order valence-corrected chi connectivity index (χ2v) is 6.60. The topological polar surface area (TPSA) is 77.1 Å². The van der Waals surface area contributed by atoms with Gasteiger partial charge in [-0.3, -0.25) is 0 Å². The second kappa shape index (κ2) is 8.10. The van der Waals surface area contributed by atoms with E-state index in [9.17, 15) is 10.1 Å². The third kappa shape index (κ3) is 3.38. The van der Waals surface area contributed by atoms with Crippen LogP contribution in [0.5, 0.6) is 11.6 Å². The number of nitriles is 1. The van der Waals surface area contributed by atoms with E-state index >= 15 is 0 Å². The molecular formula is C24H19N3O3. The predicted molar refractivity (Wildman–Crippen MR) is 113 cm³/mol. The Morgan fingerprint density at radius 2 is 1.93 bits per heavy atom. The molecule has 0 unspecified atom stereocenters. The minimum absolute atomic E-state index is 0.219. The summed E-state index contributed by atoms with van der Waals surface area (Å²) in [4.78, 5) is 16.9. The van der Waals surface area contributed by atoms with E-state index in [-0.39, 0.29) is 18.5 Å². The molecular weight excluding hydrogens is 378 g/mol. The molecule has 0 N–H and O–H groups in total. The zero-order valence-electron chi connectivity index (χ0n) is 16.6. The minimum atomic E-state index is -0.387. The van der Waals surface area contributed by atoms with E-state index in [2.05, 4.69) is 11.1 Å². The van der Waals surface area contributed by atoms with Gasteiger partial charge in [-0.2, -0.15) is 5.26 Å². The average Bonchev–Trinajstić information content (AvgIpc) is 3.06. The van der Waals surface area contributed by atoms with Gasteiger partial charge in [0, 0.05) is 23.0 Å². The van der Waals surface area contributed by atoms with E-state index in [1.807, 2.05) is 47.9 Å². The molecule has 0 saturated carbocycles. The van der Waals surface area contributed by atoms with Crippen LogP contribution in [-0.4, -0.2) is 22.1 Å². The highest BCUT2D eigenvalue weighted by molar-refractivity contribution is 6.07. The van der Waals surface area contributed by atoms with Crippen LogP contribution in [-0.2, 0) is 4.74 Å². The number of esters is 1. The van der Waals surface area contributed by atoms with Crippen molar-refractivity contribution in [3.05, 3.63) is 83.7 Å². The lowest BCUT2D eigenvalue weighted by molar-refractivity contribution is 0.0527. The third-order valence-corrected chi connectivity index (χ3v) is 4.78. The predicted octanol–water partition coefficient (Wildman–Crippen LogP) is 5.17. The molecule has 0 radical (unpaired) electrons. The number of hydrogen-bond donors (Lipinski definition) is 0. The van der Waals surface area contributed by atoms with Crippen molar-refractivity contribution in [2.75, 3.05) is 6.61 Å². The molecule has 30 heavy (non-hydrogen) atoms. The number of fused-ring (bicyclic) bond motifs is 1. The fourth-order valence-electron chi connectivity index (χ4n) is 3.50. The van der Waals surface area contributed by atoms with E-state index in [1.54, 1.807) is 37.4 Å². The lowest BCUT2D eigenvalue weighted by Gasteiger charge is -2.09. The Morgan fingerprint density at radius 1 is 1.13 bits per heavy atom. The fraction of sp³-hybridized carbons (Fsp3) is 0.125. The van der Waals surface area contributed by atoms with Crippen LogP contribution in [0.2, 0.25) is 0 Å². The molecule has 2 aromatic carbocycles. The van der Waals surface area contributed by atoms with Crippen molar-refractivity contribution in [2.24, 2.45) is 0 Å². The molecule has 0 aliphatic rings. The number of para-hydroxylation sites is 1. The van der Waals surface area contributed by atoms with Crippen LogP contribution < -0.4 is 4.74 Å². The van der Waals surface area contributed by atoms with E-state index in [0.717, 1.165) is 16.9 Å². The summed E-state index contributed by atoms with van der Waals surface area (Å²) < 4.78 is 13.2. The number of hydrogen-bond acceptors (Lipinski definition) is 5. The van der Waals surface area contributed by atoms with Gasteiger partial charge in [0.05, 0.1) is 17.7 Å². The van der Waals surface area contributed by atoms with Gasteiger partial charge in [0.15, 0.2) is 0 Å². The van der Waals surface area contributed by atoms with Crippen molar-refractivity contribution in [1.29, 1.82) is 5.26 Å². The molecule has 148 valence electrons. The van der Waals surface area contributed by atoms with Gasteiger partial charge in [-0.15, -0.1) is 0 Å². The number of benzene rings is 2. The SMILES string of the molecule is CCOC(=O)c1c(C)n(-c2ccccc2)c2ccc(Oc3ncccc3C#N)cc12. The first-order valence-corrected chi connectivity index (χ1v) is 9.54. The Hall–Kier alpha value is -4.11. The molecule has 4 rings (SSSR count). The van der Waals surface area contributed by atoms with Crippen molar-refractivity contribution >= 4 is 16.9 Å². The van der Waals surface area contributed by atoms with E-state index in [4.69, 9.17) is 9.47 Å². The fourth-order valence-corrected chi connectivity index (χ4v) is 3.50. The maximum atomic E-state index is 12.8. The standard InChI is InChI=1S/C24H19N3O3/c1-3-29-24(28)22-16(2)27(18-9-5-4-6-10-18)21-12-11-19(14-20(21)22)30-23-17(15-25)8-7-13-26-23/h4-14H,3H2,1-2H3. The molecule has 6 heteroatoms. The highest BCUT2D eigenvalue weighted by atomic mass is 16.5. The summed E-state index contributed by atoms with van der Waals surface area (Å²) in [5.41, 5.74) is 3.41. The van der Waals surface area contributed by atoms with Gasteiger partial charge in [0.1, 0.15) is 17.4 Å². The summed E-state index contributed by atoms with van der Waals surface area (Å²) in [6, 6.07) is 20.7. The maximum Gasteiger partial charge on any atom is 0.340 e. The highest BCUT2D eigenvalue weighted by Gasteiger charge is 2.22. The Morgan fingerprint density at radius 3 is 2.67 bits per heavy atom. The van der Waals surface area contributed by atoms with Crippen LogP contribution in [0.25, 0.3) is 16.6 Å². The number of carbonyl (C=O) groups is 1. The van der Waals surface area contributed by atoms with Crippen molar-refractivity contribution in [3.8, 4) is 23.4 Å². The van der Waals surface area contributed by atoms with Crippen molar-refractivity contribution in [1.82, 2.24) is 9.55 Å². The van der Waals surface area contributed by atoms with Crippen LogP contribution >= 0.6 is 0 Å². The first kappa shape index (κ1) is 19.2. The number of ether oxygens (including phenoxy) is 2. The molecule has 0 bridgehead atoms. The molecule has 0 atom stereocenters. The molecule has 0 spiro atoms. The van der Waals surface area contributed by atoms with Crippen LogP contribution in [0.15, 0.2) is 66.9 Å². The first-order valence-electron chi connectivity index (χ1n) is 9.54. The monoisotopic (exact) mass is 397 g/mol. The molecule has 6 nitrogen and oxygen atoms in total. The summed E-state index contributed by atoms with van der Waals surface area (Å²) in [6.45, 7) is 3.96. The highest BCUT2D eigenvalue weighted by Crippen LogP contribution is 2.34. The van der Waals surface area contributed by atoms with E-state index in [0.29, 0.717) is 22.3 Å². The molecule has 0 aliphatic carbocycles. The molecule has 0 aliphatic heterocycles. The molecule has 2 heterocycles. The largest absolute Gasteiger partial charge is 0.462 e. The van der Waals surface area contributed by atoms with Crippen molar-refractivity contribution < 1.29 is 14.3 Å². The van der Waals surface area contributed by atoms with E-state index in [1.165, 1.54) is 0 Å². The molecule has 0 amide bonds. The normalized spacial score (nSPS) is 10.6. The van der Waals surface area contributed by atoms with E-state index < -0.39 is 0 Å². The second-order valence-electron chi connectivity index (χ2n) is 6.60. The van der Waals surface area contributed by atoms with Crippen LogP contribution in [0.3, 0.4) is 0 Å². The lowest BCUT2D eigenvalue weighted by atomic mass is 10.1. The Bertz CT molecular complexity index is 1270. The lowest BCUT2D eigenvalue weighted by Crippen LogP contribution is -2.07. The zero-order valence-corrected chi connectivity index (χ0v) is 16.6. The quantitative estimate of drug-likeness (QED) is 0.434. The Labute approximate surface area is 173 Å². The Balaban J connectivity index is 1.89. The number of aromatic nitrogens is 2. The minimum Gasteiger partial charge on any atom is -0.462 e. The first-order chi connectivity index (χ1) is 14.6. The summed E-state index contributed by atoms with van der Waals surface area (Å²) in [7, 11) is 0. The van der Waals surface area contributed by atoms with Crippen molar-refractivity contribution in [3.63, 3.8) is 0 Å². The van der Waals surface area contributed by atoms with Crippen LogP contribution in [0.4, 0.5) is 0 Å². The van der Waals surface area contributed by atoms with Crippen LogP contribution in [0.1, 0.15) is 28.5 Å².